The molecule has 0 unspecified atom stereocenters. The zero-order valence-electron chi connectivity index (χ0n) is 17.0. The molecule has 5 heteroatoms. The van der Waals surface area contributed by atoms with Crippen LogP contribution in [-0.4, -0.2) is 34.7 Å². The molecule has 0 bridgehead atoms. The second-order valence-electron chi connectivity index (χ2n) is 7.58. The smallest absolute Gasteiger partial charge is 0.255 e. The topological polar surface area (TPSA) is 59.5 Å². The second-order valence-corrected chi connectivity index (χ2v) is 7.58. The van der Waals surface area contributed by atoms with Crippen molar-refractivity contribution >= 4 is 11.7 Å². The van der Waals surface area contributed by atoms with E-state index in [4.69, 9.17) is 4.74 Å². The lowest BCUT2D eigenvalue weighted by Gasteiger charge is -2.32. The summed E-state index contributed by atoms with van der Waals surface area (Å²) in [6, 6.07) is 20.4. The van der Waals surface area contributed by atoms with Crippen molar-refractivity contribution in [1.29, 1.82) is 0 Å². The summed E-state index contributed by atoms with van der Waals surface area (Å²) < 4.78 is 5.79. The van der Waals surface area contributed by atoms with E-state index in [-0.39, 0.29) is 17.6 Å². The van der Waals surface area contributed by atoms with E-state index >= 15 is 0 Å². The third kappa shape index (κ3) is 4.57. The van der Waals surface area contributed by atoms with Gasteiger partial charge in [0.25, 0.3) is 5.91 Å². The average molecular weight is 400 g/mol. The maximum absolute atomic E-state index is 13.0. The number of carbonyl (C=O) groups excluding carboxylic acids is 2. The SMILES string of the molecule is Cc1ccc(C(=O)N2CCC[C@H](C(=O)c3ccc(Oc4ccccc4)cc3)C2)cn1. The molecule has 0 aliphatic carbocycles. The van der Waals surface area contributed by atoms with Gasteiger partial charge in [0.2, 0.25) is 0 Å². The molecule has 1 aliphatic rings. The number of aryl methyl sites for hydroxylation is 1. The minimum atomic E-state index is -0.193. The second kappa shape index (κ2) is 8.91. The molecule has 152 valence electrons. The fourth-order valence-corrected chi connectivity index (χ4v) is 3.70. The molecule has 0 saturated carbocycles. The van der Waals surface area contributed by atoms with E-state index in [1.165, 1.54) is 0 Å². The highest BCUT2D eigenvalue weighted by Crippen LogP contribution is 2.25. The van der Waals surface area contributed by atoms with Crippen molar-refractivity contribution in [3.05, 3.63) is 89.7 Å². The number of Topliss-reactive ketones (excluding diaryl/α,β-unsaturated/α-hetero) is 1. The standard InChI is InChI=1S/C25H24N2O3/c1-18-9-10-20(16-26-18)25(29)27-15-5-6-21(17-27)24(28)19-11-13-23(14-12-19)30-22-7-3-2-4-8-22/h2-4,7-14,16,21H,5-6,15,17H2,1H3/t21-/m0/s1. The number of pyridine rings is 1. The van der Waals surface area contributed by atoms with Gasteiger partial charge in [-0.25, -0.2) is 0 Å². The van der Waals surface area contributed by atoms with Gasteiger partial charge in [0.05, 0.1) is 5.56 Å². The minimum Gasteiger partial charge on any atom is -0.457 e. The lowest BCUT2D eigenvalue weighted by atomic mass is 9.89. The van der Waals surface area contributed by atoms with E-state index in [0.29, 0.717) is 30.0 Å². The Morgan fingerprint density at radius 3 is 2.33 bits per heavy atom. The first-order valence-electron chi connectivity index (χ1n) is 10.2. The number of piperidine rings is 1. The summed E-state index contributed by atoms with van der Waals surface area (Å²) in [7, 11) is 0. The zero-order valence-corrected chi connectivity index (χ0v) is 17.0. The Morgan fingerprint density at radius 1 is 0.933 bits per heavy atom. The van der Waals surface area contributed by atoms with Gasteiger partial charge in [-0.2, -0.15) is 0 Å². The van der Waals surface area contributed by atoms with Crippen LogP contribution in [0.4, 0.5) is 0 Å². The normalized spacial score (nSPS) is 16.2. The molecule has 0 N–H and O–H groups in total. The number of carbonyl (C=O) groups is 2. The number of hydrogen-bond acceptors (Lipinski definition) is 4. The summed E-state index contributed by atoms with van der Waals surface area (Å²) in [5.74, 6) is 1.25. The van der Waals surface area contributed by atoms with E-state index < -0.39 is 0 Å². The van der Waals surface area contributed by atoms with Crippen molar-refractivity contribution in [3.8, 4) is 11.5 Å². The van der Waals surface area contributed by atoms with Crippen LogP contribution < -0.4 is 4.74 Å². The monoisotopic (exact) mass is 400 g/mol. The highest BCUT2D eigenvalue weighted by Gasteiger charge is 2.29. The van der Waals surface area contributed by atoms with Crippen molar-refractivity contribution in [2.24, 2.45) is 5.92 Å². The molecule has 5 nitrogen and oxygen atoms in total. The number of likely N-dealkylation sites (tertiary alicyclic amines) is 1. The number of para-hydroxylation sites is 1. The van der Waals surface area contributed by atoms with E-state index in [1.54, 1.807) is 29.3 Å². The van der Waals surface area contributed by atoms with Crippen LogP contribution in [0.5, 0.6) is 11.5 Å². The molecule has 30 heavy (non-hydrogen) atoms. The van der Waals surface area contributed by atoms with Gasteiger partial charge in [0.1, 0.15) is 11.5 Å². The Morgan fingerprint density at radius 2 is 1.63 bits per heavy atom. The molecule has 2 aromatic carbocycles. The van der Waals surface area contributed by atoms with E-state index in [9.17, 15) is 9.59 Å². The van der Waals surface area contributed by atoms with E-state index in [0.717, 1.165) is 24.3 Å². The van der Waals surface area contributed by atoms with Gasteiger partial charge in [-0.15, -0.1) is 0 Å². The highest BCUT2D eigenvalue weighted by atomic mass is 16.5. The van der Waals surface area contributed by atoms with Crippen LogP contribution in [0.2, 0.25) is 0 Å². The number of rotatable bonds is 5. The Hall–Kier alpha value is -3.47. The molecule has 4 rings (SSSR count). The maximum Gasteiger partial charge on any atom is 0.255 e. The Bertz CT molecular complexity index is 1010. The van der Waals surface area contributed by atoms with Crippen molar-refractivity contribution < 1.29 is 14.3 Å². The molecular formula is C25H24N2O3. The molecule has 3 aromatic rings. The molecule has 1 amide bonds. The highest BCUT2D eigenvalue weighted by molar-refractivity contribution is 5.99. The van der Waals surface area contributed by atoms with Gasteiger partial charge >= 0.3 is 0 Å². The van der Waals surface area contributed by atoms with Crippen LogP contribution in [0.1, 0.15) is 39.3 Å². The summed E-state index contributed by atoms with van der Waals surface area (Å²) in [5.41, 5.74) is 2.08. The lowest BCUT2D eigenvalue weighted by molar-refractivity contribution is 0.0636. The predicted octanol–water partition coefficient (Wildman–Crippen LogP) is 4.92. The first kappa shape index (κ1) is 19.8. The van der Waals surface area contributed by atoms with Gasteiger partial charge in [-0.3, -0.25) is 14.6 Å². The third-order valence-electron chi connectivity index (χ3n) is 5.36. The van der Waals surface area contributed by atoms with Crippen LogP contribution >= 0.6 is 0 Å². The van der Waals surface area contributed by atoms with Crippen LogP contribution in [-0.2, 0) is 0 Å². The fraction of sp³-hybridized carbons (Fsp3) is 0.240. The molecule has 1 aromatic heterocycles. The van der Waals surface area contributed by atoms with Gasteiger partial charge in [-0.05, 0) is 68.3 Å². The zero-order chi connectivity index (χ0) is 20.9. The van der Waals surface area contributed by atoms with Gasteiger partial charge in [0.15, 0.2) is 5.78 Å². The summed E-state index contributed by atoms with van der Waals surface area (Å²) in [5, 5.41) is 0. The average Bonchev–Trinajstić information content (AvgIpc) is 2.80. The molecule has 1 atom stereocenters. The molecule has 0 spiro atoms. The lowest BCUT2D eigenvalue weighted by Crippen LogP contribution is -2.42. The summed E-state index contributed by atoms with van der Waals surface area (Å²) in [4.78, 5) is 31.8. The number of benzene rings is 2. The molecular weight excluding hydrogens is 376 g/mol. The van der Waals surface area contributed by atoms with E-state index in [2.05, 4.69) is 4.98 Å². The third-order valence-corrected chi connectivity index (χ3v) is 5.36. The predicted molar refractivity (Wildman–Crippen MR) is 115 cm³/mol. The largest absolute Gasteiger partial charge is 0.457 e. The quantitative estimate of drug-likeness (QED) is 0.571. The summed E-state index contributed by atoms with van der Waals surface area (Å²) in [6.07, 6.45) is 3.21. The van der Waals surface area contributed by atoms with Gasteiger partial charge in [0, 0.05) is 36.5 Å². The minimum absolute atomic E-state index is 0.0633. The number of nitrogens with zero attached hydrogens (tertiary/aromatic N) is 2. The van der Waals surface area contributed by atoms with Crippen LogP contribution in [0.3, 0.4) is 0 Å². The van der Waals surface area contributed by atoms with Crippen LogP contribution in [0.25, 0.3) is 0 Å². The van der Waals surface area contributed by atoms with Crippen LogP contribution in [0.15, 0.2) is 72.9 Å². The Labute approximate surface area is 176 Å². The number of hydrogen-bond donors (Lipinski definition) is 0. The first-order chi connectivity index (χ1) is 14.6. The maximum atomic E-state index is 13.0. The Balaban J connectivity index is 1.41. The van der Waals surface area contributed by atoms with E-state index in [1.807, 2.05) is 55.5 Å². The first-order valence-corrected chi connectivity index (χ1v) is 10.2. The number of ketones is 1. The molecule has 1 aliphatic heterocycles. The molecule has 1 fully saturated rings. The number of ether oxygens (including phenoxy) is 1. The molecule has 2 heterocycles. The van der Waals surface area contributed by atoms with Crippen molar-refractivity contribution in [2.45, 2.75) is 19.8 Å². The summed E-state index contributed by atoms with van der Waals surface area (Å²) >= 11 is 0. The number of amides is 1. The van der Waals surface area contributed by atoms with Crippen LogP contribution in [0, 0.1) is 12.8 Å². The Kier molecular flexibility index (Phi) is 5.89. The number of aromatic nitrogens is 1. The van der Waals surface area contributed by atoms with Crippen molar-refractivity contribution in [3.63, 3.8) is 0 Å². The fourth-order valence-electron chi connectivity index (χ4n) is 3.70. The summed E-state index contributed by atoms with van der Waals surface area (Å²) in [6.45, 7) is 2.99. The van der Waals surface area contributed by atoms with Gasteiger partial charge in [-0.1, -0.05) is 18.2 Å². The molecule has 1 saturated heterocycles. The van der Waals surface area contributed by atoms with Gasteiger partial charge < -0.3 is 9.64 Å². The molecule has 0 radical (unpaired) electrons. The van der Waals surface area contributed by atoms with Crippen molar-refractivity contribution in [1.82, 2.24) is 9.88 Å². The van der Waals surface area contributed by atoms with Crippen molar-refractivity contribution in [2.75, 3.05) is 13.1 Å².